The average molecular weight is 866 g/mol. The van der Waals surface area contributed by atoms with Crippen molar-refractivity contribution in [1.29, 1.82) is 0 Å². The third kappa shape index (κ3) is 7.43. The molecule has 14 heteroatoms. The minimum absolute atomic E-state index is 0.0228. The maximum Gasteiger partial charge on any atom is 0.410 e. The highest BCUT2D eigenvalue weighted by Crippen LogP contribution is 2.58. The maximum atomic E-state index is 17.5. The van der Waals surface area contributed by atoms with Gasteiger partial charge in [-0.2, -0.15) is 0 Å². The number of ether oxygens (including phenoxy) is 3. The quantitative estimate of drug-likeness (QED) is 0.122. The minimum Gasteiger partial charge on any atom is -0.507 e. The molecule has 1 aromatic heterocycles. The summed E-state index contributed by atoms with van der Waals surface area (Å²) in [4.78, 5) is 46.2. The van der Waals surface area contributed by atoms with Crippen LogP contribution in [0, 0.1) is 17.7 Å². The van der Waals surface area contributed by atoms with Gasteiger partial charge in [0, 0.05) is 29.2 Å². The Kier molecular flexibility index (Phi) is 11.0. The number of rotatable bonds is 9. The van der Waals surface area contributed by atoms with Crippen molar-refractivity contribution in [3.8, 4) is 11.6 Å². The zero-order valence-corrected chi connectivity index (χ0v) is 37.7. The summed E-state index contributed by atoms with van der Waals surface area (Å²) in [6.07, 6.45) is 0.596. The number of likely N-dealkylation sites (tertiary alicyclic amines) is 1. The predicted octanol–water partition coefficient (Wildman–Crippen LogP) is 9.73. The lowest BCUT2D eigenvalue weighted by Gasteiger charge is -2.53. The SMILES string of the molecule is CC(C)(C)OC(=O)N1CCCC1c1cc(OCc2ccccc2)c2c(c1F)C[C@H]1C[C@H]3[C@H](N)c4onc(OCc5ccccc5)c4C(=O)[C@@]3(O[Si](C)(C)C(C)(C)C)C(=O)C1=C2O. The molecule has 3 aromatic carbocycles. The zero-order valence-electron chi connectivity index (χ0n) is 36.7. The van der Waals surface area contributed by atoms with Gasteiger partial charge >= 0.3 is 6.09 Å². The van der Waals surface area contributed by atoms with Crippen molar-refractivity contribution < 1.29 is 47.0 Å². The number of aliphatic hydroxyl groups is 1. The van der Waals surface area contributed by atoms with Gasteiger partial charge in [0.2, 0.25) is 11.6 Å². The van der Waals surface area contributed by atoms with Crippen LogP contribution in [0.25, 0.3) is 5.76 Å². The summed E-state index contributed by atoms with van der Waals surface area (Å²) in [5.41, 5.74) is 6.03. The number of halogens is 1. The number of carbonyl (C=O) groups excluding carboxylic acids is 3. The van der Waals surface area contributed by atoms with Crippen LogP contribution in [0.4, 0.5) is 9.18 Å². The van der Waals surface area contributed by atoms with Gasteiger partial charge in [-0.3, -0.25) is 9.59 Å². The number of benzene rings is 3. The first kappa shape index (κ1) is 43.3. The molecule has 1 saturated carbocycles. The zero-order chi connectivity index (χ0) is 44.5. The van der Waals surface area contributed by atoms with E-state index in [1.54, 1.807) is 20.8 Å². The Labute approximate surface area is 362 Å². The molecule has 5 atom stereocenters. The lowest BCUT2D eigenvalue weighted by molar-refractivity contribution is -0.138. The first-order chi connectivity index (χ1) is 29.2. The second kappa shape index (κ2) is 15.8. The summed E-state index contributed by atoms with van der Waals surface area (Å²) in [5, 5.41) is 16.3. The number of ketones is 2. The predicted molar refractivity (Wildman–Crippen MR) is 231 cm³/mol. The Morgan fingerprint density at radius 1 is 0.968 bits per heavy atom. The van der Waals surface area contributed by atoms with E-state index in [1.807, 2.05) is 94.5 Å². The monoisotopic (exact) mass is 865 g/mol. The van der Waals surface area contributed by atoms with Crippen LogP contribution < -0.4 is 15.2 Å². The highest BCUT2D eigenvalue weighted by Gasteiger charge is 2.68. The fourth-order valence-corrected chi connectivity index (χ4v) is 10.7. The van der Waals surface area contributed by atoms with Crippen molar-refractivity contribution in [3.63, 3.8) is 0 Å². The van der Waals surface area contributed by atoms with Crippen molar-refractivity contribution >= 4 is 31.7 Å². The van der Waals surface area contributed by atoms with Crippen molar-refractivity contribution in [2.24, 2.45) is 17.6 Å². The summed E-state index contributed by atoms with van der Waals surface area (Å²) < 4.78 is 48.6. The largest absolute Gasteiger partial charge is 0.507 e. The number of nitrogens with zero attached hydrogens (tertiary/aromatic N) is 2. The molecular formula is C48H56FN3O9Si. The van der Waals surface area contributed by atoms with Gasteiger partial charge in [-0.25, -0.2) is 9.18 Å². The fraction of sp³-hybridized carbons (Fsp3) is 0.458. The molecule has 0 spiro atoms. The van der Waals surface area contributed by atoms with E-state index in [2.05, 4.69) is 5.16 Å². The van der Waals surface area contributed by atoms with Gasteiger partial charge in [-0.15, -0.1) is 0 Å². The molecule has 0 radical (unpaired) electrons. The van der Waals surface area contributed by atoms with Crippen LogP contribution in [-0.4, -0.2) is 58.9 Å². The number of carbonyl (C=O) groups is 3. The van der Waals surface area contributed by atoms with Crippen LogP contribution in [0.15, 0.2) is 76.8 Å². The molecule has 1 saturated heterocycles. The maximum absolute atomic E-state index is 17.5. The summed E-state index contributed by atoms with van der Waals surface area (Å²) in [5.74, 6) is -4.18. The van der Waals surface area contributed by atoms with Gasteiger partial charge in [-0.1, -0.05) is 81.4 Å². The lowest BCUT2D eigenvalue weighted by atomic mass is 9.57. The molecule has 3 aliphatic carbocycles. The first-order valence-electron chi connectivity index (χ1n) is 21.4. The van der Waals surface area contributed by atoms with E-state index < -0.39 is 77.7 Å². The molecule has 4 aromatic rings. The standard InChI is InChI=1S/C48H56FN3O9Si/c1-46(2,3)59-45(56)52-21-15-20-33(52)30-24-34(57-25-27-16-11-9-12-17-27)36-31(38(30)49)22-29-23-32-39(50)41-37(44(51-60-41)58-26-28-18-13-10-14-19-28)43(55)48(32,42(54)35(29)40(36)53)61-62(7,8)47(4,5)6/h9-14,16-19,24,29,32-33,39,53H,15,20-23,25-26,50H2,1-8H3/t29-,32-,33?,39-,48-/m0/s1. The van der Waals surface area contributed by atoms with Gasteiger partial charge < -0.3 is 38.9 Å². The molecule has 4 aliphatic rings. The molecule has 1 aliphatic heterocycles. The van der Waals surface area contributed by atoms with Crippen LogP contribution in [0.3, 0.4) is 0 Å². The smallest absolute Gasteiger partial charge is 0.410 e. The van der Waals surface area contributed by atoms with Crippen LogP contribution >= 0.6 is 0 Å². The molecule has 2 heterocycles. The lowest BCUT2D eigenvalue weighted by Crippen LogP contribution is -2.68. The number of nitrogens with two attached hydrogens (primary N) is 1. The van der Waals surface area contributed by atoms with Crippen molar-refractivity contribution in [2.45, 2.75) is 122 Å². The highest BCUT2D eigenvalue weighted by atomic mass is 28.4. The van der Waals surface area contributed by atoms with Gasteiger partial charge in [0.05, 0.1) is 17.6 Å². The Bertz CT molecular complexity index is 2440. The Balaban J connectivity index is 1.27. The number of aliphatic hydroxyl groups excluding tert-OH is 1. The topological polar surface area (TPSA) is 164 Å². The third-order valence-corrected chi connectivity index (χ3v) is 17.7. The average Bonchev–Trinajstić information content (AvgIpc) is 3.88. The second-order valence-corrected chi connectivity index (χ2v) is 24.3. The molecule has 1 unspecified atom stereocenters. The molecule has 12 nitrogen and oxygen atoms in total. The van der Waals surface area contributed by atoms with Gasteiger partial charge in [0.15, 0.2) is 19.7 Å². The Morgan fingerprint density at radius 3 is 2.21 bits per heavy atom. The minimum atomic E-state index is -3.01. The summed E-state index contributed by atoms with van der Waals surface area (Å²) in [7, 11) is -3.01. The summed E-state index contributed by atoms with van der Waals surface area (Å²) in [6.45, 7) is 15.8. The number of aromatic nitrogens is 1. The molecule has 0 bridgehead atoms. The Hall–Kier alpha value is -5.31. The van der Waals surface area contributed by atoms with Crippen LogP contribution in [-0.2, 0) is 33.6 Å². The van der Waals surface area contributed by atoms with Gasteiger partial charge in [0.25, 0.3) is 5.88 Å². The van der Waals surface area contributed by atoms with Crippen molar-refractivity contribution in [2.75, 3.05) is 6.54 Å². The normalized spacial score (nSPS) is 23.7. The molecule has 328 valence electrons. The van der Waals surface area contributed by atoms with Crippen LogP contribution in [0.1, 0.15) is 117 Å². The highest BCUT2D eigenvalue weighted by molar-refractivity contribution is 6.74. The third-order valence-electron chi connectivity index (χ3n) is 13.3. The second-order valence-electron chi connectivity index (χ2n) is 19.5. The molecule has 1 amide bonds. The molecular weight excluding hydrogens is 810 g/mol. The summed E-state index contributed by atoms with van der Waals surface area (Å²) in [6, 6.07) is 18.5. The van der Waals surface area contributed by atoms with Crippen molar-refractivity contribution in [3.05, 3.63) is 117 Å². The number of hydrogen-bond donors (Lipinski definition) is 2. The number of Topliss-reactive ketones (excluding diaryl/α,β-unsaturated/α-hetero) is 2. The van der Waals surface area contributed by atoms with Gasteiger partial charge in [-0.05, 0) is 92.9 Å². The van der Waals surface area contributed by atoms with E-state index in [-0.39, 0.29) is 71.3 Å². The van der Waals surface area contributed by atoms with E-state index in [9.17, 15) is 9.90 Å². The molecule has 8 rings (SSSR count). The fourth-order valence-electron chi connectivity index (χ4n) is 9.20. The summed E-state index contributed by atoms with van der Waals surface area (Å²) >= 11 is 0. The van der Waals surface area contributed by atoms with E-state index in [1.165, 1.54) is 11.0 Å². The van der Waals surface area contributed by atoms with E-state index in [0.29, 0.717) is 19.4 Å². The number of amides is 1. The van der Waals surface area contributed by atoms with E-state index in [0.717, 1.165) is 11.1 Å². The van der Waals surface area contributed by atoms with Gasteiger partial charge in [0.1, 0.15) is 41.7 Å². The van der Waals surface area contributed by atoms with E-state index in [4.69, 9.17) is 28.9 Å². The van der Waals surface area contributed by atoms with E-state index >= 15 is 14.0 Å². The molecule has 62 heavy (non-hydrogen) atoms. The van der Waals surface area contributed by atoms with Crippen LogP contribution in [0.2, 0.25) is 18.1 Å². The first-order valence-corrected chi connectivity index (χ1v) is 24.3. The Morgan fingerprint density at radius 2 is 1.60 bits per heavy atom. The number of hydrogen-bond acceptors (Lipinski definition) is 11. The van der Waals surface area contributed by atoms with Crippen molar-refractivity contribution in [1.82, 2.24) is 10.1 Å². The van der Waals surface area contributed by atoms with Crippen LogP contribution in [0.5, 0.6) is 11.6 Å². The molecule has 2 fully saturated rings. The number of fused-ring (bicyclic) bond motifs is 4. The molecule has 3 N–H and O–H groups in total.